The van der Waals surface area contributed by atoms with E-state index in [1.54, 1.807) is 18.2 Å². The second-order valence-corrected chi connectivity index (χ2v) is 5.81. The Kier molecular flexibility index (Phi) is 4.39. The third-order valence-electron chi connectivity index (χ3n) is 2.88. The number of carboxylic acids is 1. The summed E-state index contributed by atoms with van der Waals surface area (Å²) in [6, 6.07) is 5.02. The number of carbonyl (C=O) groups is 1. The van der Waals surface area contributed by atoms with Crippen LogP contribution in [-0.2, 0) is 4.79 Å². The molecule has 0 aliphatic rings. The highest BCUT2D eigenvalue weighted by Crippen LogP contribution is 2.34. The molecular formula is C13H13Cl2N5O2. The van der Waals surface area contributed by atoms with Crippen molar-refractivity contribution in [2.24, 2.45) is 0 Å². The van der Waals surface area contributed by atoms with Crippen LogP contribution in [0.5, 0.6) is 0 Å². The normalized spacial score (nSPS) is 11.3. The minimum atomic E-state index is -1.26. The molecule has 0 aliphatic heterocycles. The highest BCUT2D eigenvalue weighted by atomic mass is 35.5. The summed E-state index contributed by atoms with van der Waals surface area (Å²) in [6.07, 6.45) is 0. The van der Waals surface area contributed by atoms with E-state index < -0.39 is 11.5 Å². The Bertz CT molecular complexity index is 736. The first-order valence-corrected chi connectivity index (χ1v) is 6.94. The van der Waals surface area contributed by atoms with Gasteiger partial charge in [-0.05, 0) is 19.9 Å². The fraction of sp³-hybridized carbons (Fsp3) is 0.231. The molecule has 2 aromatic rings. The molecular weight excluding hydrogens is 329 g/mol. The van der Waals surface area contributed by atoms with Gasteiger partial charge in [0.05, 0.1) is 10.0 Å². The molecule has 0 fully saturated rings. The molecule has 0 bridgehead atoms. The molecule has 0 amide bonds. The number of nitrogens with one attached hydrogen (secondary N) is 1. The molecule has 0 aliphatic carbocycles. The number of anilines is 2. The van der Waals surface area contributed by atoms with Gasteiger partial charge in [0.1, 0.15) is 11.2 Å². The summed E-state index contributed by atoms with van der Waals surface area (Å²) in [7, 11) is 0. The van der Waals surface area contributed by atoms with E-state index in [0.29, 0.717) is 15.6 Å². The lowest BCUT2D eigenvalue weighted by molar-refractivity contribution is -0.141. The van der Waals surface area contributed by atoms with E-state index in [9.17, 15) is 4.79 Å². The molecule has 4 N–H and O–H groups in total. The van der Waals surface area contributed by atoms with Crippen molar-refractivity contribution in [3.05, 3.63) is 28.2 Å². The Labute approximate surface area is 136 Å². The van der Waals surface area contributed by atoms with Gasteiger partial charge in [0.15, 0.2) is 5.82 Å². The van der Waals surface area contributed by atoms with Crippen molar-refractivity contribution in [2.45, 2.75) is 19.4 Å². The van der Waals surface area contributed by atoms with Crippen LogP contribution in [0, 0.1) is 0 Å². The summed E-state index contributed by atoms with van der Waals surface area (Å²) in [4.78, 5) is 15.1. The minimum absolute atomic E-state index is 0.00630. The highest BCUT2D eigenvalue weighted by molar-refractivity contribution is 6.43. The Hall–Kier alpha value is -2.12. The number of halogens is 2. The molecule has 0 saturated carbocycles. The van der Waals surface area contributed by atoms with Crippen molar-refractivity contribution < 1.29 is 9.90 Å². The smallest absolute Gasteiger partial charge is 0.328 e. The van der Waals surface area contributed by atoms with Gasteiger partial charge in [-0.25, -0.2) is 4.79 Å². The topological polar surface area (TPSA) is 114 Å². The molecule has 0 saturated heterocycles. The minimum Gasteiger partial charge on any atom is -0.480 e. The molecule has 0 spiro atoms. The molecule has 1 aromatic carbocycles. The first-order valence-electron chi connectivity index (χ1n) is 6.18. The van der Waals surface area contributed by atoms with E-state index in [0.717, 1.165) is 0 Å². The average Bonchev–Trinajstić information content (AvgIpc) is 2.42. The maximum Gasteiger partial charge on any atom is 0.328 e. The number of benzene rings is 1. The van der Waals surface area contributed by atoms with Crippen molar-refractivity contribution in [1.29, 1.82) is 0 Å². The first kappa shape index (κ1) is 16.3. The Morgan fingerprint density at radius 3 is 2.59 bits per heavy atom. The second-order valence-electron chi connectivity index (χ2n) is 5.03. The molecule has 116 valence electrons. The van der Waals surface area contributed by atoms with Crippen molar-refractivity contribution >= 4 is 40.9 Å². The zero-order chi connectivity index (χ0) is 16.5. The number of hydrogen-bond donors (Lipinski definition) is 3. The largest absolute Gasteiger partial charge is 0.480 e. The molecule has 0 radical (unpaired) electrons. The van der Waals surface area contributed by atoms with Crippen LogP contribution < -0.4 is 11.1 Å². The molecule has 22 heavy (non-hydrogen) atoms. The van der Waals surface area contributed by atoms with Crippen LogP contribution in [0.1, 0.15) is 13.8 Å². The van der Waals surface area contributed by atoms with Crippen LogP contribution in [0.2, 0.25) is 10.0 Å². The van der Waals surface area contributed by atoms with E-state index in [1.807, 2.05) is 0 Å². The van der Waals surface area contributed by atoms with Gasteiger partial charge in [-0.2, -0.15) is 4.98 Å². The fourth-order valence-corrected chi connectivity index (χ4v) is 1.99. The van der Waals surface area contributed by atoms with Crippen molar-refractivity contribution in [3.63, 3.8) is 0 Å². The molecule has 9 heteroatoms. The summed E-state index contributed by atoms with van der Waals surface area (Å²) < 4.78 is 0. The van der Waals surface area contributed by atoms with E-state index in [4.69, 9.17) is 34.0 Å². The summed E-state index contributed by atoms with van der Waals surface area (Å²) in [5, 5.41) is 20.2. The van der Waals surface area contributed by atoms with Crippen LogP contribution in [0.3, 0.4) is 0 Å². The molecule has 0 atom stereocenters. The predicted octanol–water partition coefficient (Wildman–Crippen LogP) is 2.70. The van der Waals surface area contributed by atoms with Gasteiger partial charge in [-0.15, -0.1) is 10.2 Å². The molecule has 0 unspecified atom stereocenters. The number of nitrogens with zero attached hydrogens (tertiary/aromatic N) is 3. The summed E-state index contributed by atoms with van der Waals surface area (Å²) in [5.41, 5.74) is 5.37. The van der Waals surface area contributed by atoms with Crippen LogP contribution in [0.25, 0.3) is 11.3 Å². The van der Waals surface area contributed by atoms with Gasteiger partial charge < -0.3 is 16.2 Å². The lowest BCUT2D eigenvalue weighted by Crippen LogP contribution is -2.40. The van der Waals surface area contributed by atoms with Gasteiger partial charge >= 0.3 is 5.97 Å². The van der Waals surface area contributed by atoms with Crippen molar-refractivity contribution in [1.82, 2.24) is 15.2 Å². The SMILES string of the molecule is CC(C)(Nc1nnc(-c2cccc(Cl)c2Cl)c(N)n1)C(=O)O. The predicted molar refractivity (Wildman–Crippen MR) is 85.0 cm³/mol. The average molecular weight is 342 g/mol. The highest BCUT2D eigenvalue weighted by Gasteiger charge is 2.28. The number of rotatable bonds is 4. The standard InChI is InChI=1S/C13H13Cl2N5O2/c1-13(2,11(21)22)18-12-17-10(16)9(19-20-12)6-4-3-5-7(14)8(6)15/h3-5H,1-2H3,(H,21,22)(H3,16,17,18,20). The third-order valence-corrected chi connectivity index (χ3v) is 3.70. The summed E-state index contributed by atoms with van der Waals surface area (Å²) in [5.74, 6) is -0.994. The van der Waals surface area contributed by atoms with Crippen molar-refractivity contribution in [3.8, 4) is 11.3 Å². The molecule has 1 heterocycles. The van der Waals surface area contributed by atoms with E-state index >= 15 is 0 Å². The number of hydrogen-bond acceptors (Lipinski definition) is 6. The van der Waals surface area contributed by atoms with E-state index in [2.05, 4.69) is 20.5 Å². The van der Waals surface area contributed by atoms with Gasteiger partial charge in [0.25, 0.3) is 0 Å². The first-order chi connectivity index (χ1) is 10.2. The Balaban J connectivity index is 2.39. The molecule has 2 rings (SSSR count). The molecule has 7 nitrogen and oxygen atoms in total. The summed E-state index contributed by atoms with van der Waals surface area (Å²) >= 11 is 12.1. The lowest BCUT2D eigenvalue weighted by atomic mass is 10.1. The van der Waals surface area contributed by atoms with Crippen LogP contribution >= 0.6 is 23.2 Å². The van der Waals surface area contributed by atoms with Crippen molar-refractivity contribution in [2.75, 3.05) is 11.1 Å². The van der Waals surface area contributed by atoms with Gasteiger partial charge in [-0.1, -0.05) is 35.3 Å². The quantitative estimate of drug-likeness (QED) is 0.783. The van der Waals surface area contributed by atoms with Gasteiger partial charge in [-0.3, -0.25) is 0 Å². The lowest BCUT2D eigenvalue weighted by Gasteiger charge is -2.20. The number of aliphatic carboxylic acids is 1. The maximum absolute atomic E-state index is 11.1. The zero-order valence-corrected chi connectivity index (χ0v) is 13.3. The zero-order valence-electron chi connectivity index (χ0n) is 11.8. The number of carboxylic acid groups (broad SMARTS) is 1. The molecule has 1 aromatic heterocycles. The monoisotopic (exact) mass is 341 g/mol. The number of aromatic nitrogens is 3. The Morgan fingerprint density at radius 1 is 1.32 bits per heavy atom. The third kappa shape index (κ3) is 3.20. The van der Waals surface area contributed by atoms with E-state index in [-0.39, 0.29) is 17.5 Å². The summed E-state index contributed by atoms with van der Waals surface area (Å²) in [6.45, 7) is 2.94. The van der Waals surface area contributed by atoms with Crippen LogP contribution in [0.4, 0.5) is 11.8 Å². The second kappa shape index (κ2) is 5.94. The van der Waals surface area contributed by atoms with E-state index in [1.165, 1.54) is 13.8 Å². The van der Waals surface area contributed by atoms with Gasteiger partial charge in [0.2, 0.25) is 5.95 Å². The Morgan fingerprint density at radius 2 is 2.00 bits per heavy atom. The maximum atomic E-state index is 11.1. The van der Waals surface area contributed by atoms with Gasteiger partial charge in [0, 0.05) is 5.56 Å². The fourth-order valence-electron chi connectivity index (χ4n) is 1.60. The van der Waals surface area contributed by atoms with Crippen LogP contribution in [-0.4, -0.2) is 31.8 Å². The van der Waals surface area contributed by atoms with Crippen LogP contribution in [0.15, 0.2) is 18.2 Å². The number of nitrogen functional groups attached to an aromatic ring is 1. The number of nitrogens with two attached hydrogens (primary N) is 1.